The highest BCUT2D eigenvalue weighted by Gasteiger charge is 2.21. The van der Waals surface area contributed by atoms with Crippen LogP contribution in [-0.4, -0.2) is 10.8 Å². The summed E-state index contributed by atoms with van der Waals surface area (Å²) < 4.78 is 28.2. The molecule has 0 aliphatic heterocycles. The second-order valence-electron chi connectivity index (χ2n) is 5.20. The van der Waals surface area contributed by atoms with E-state index >= 15 is 0 Å². The van der Waals surface area contributed by atoms with Gasteiger partial charge in [0.2, 0.25) is 0 Å². The number of carbonyl (C=O) groups excluding carboxylic acids is 1. The van der Waals surface area contributed by atoms with Crippen molar-refractivity contribution in [3.63, 3.8) is 0 Å². The van der Waals surface area contributed by atoms with E-state index in [2.05, 4.69) is 4.98 Å². The zero-order valence-corrected chi connectivity index (χ0v) is 12.3. The largest absolute Gasteiger partial charge is 0.294 e. The van der Waals surface area contributed by atoms with Crippen LogP contribution in [0.5, 0.6) is 0 Å². The minimum Gasteiger partial charge on any atom is -0.294 e. The number of halogens is 2. The van der Waals surface area contributed by atoms with Crippen LogP contribution in [0, 0.1) is 17.6 Å². The van der Waals surface area contributed by atoms with E-state index in [1.54, 1.807) is 26.0 Å². The summed E-state index contributed by atoms with van der Waals surface area (Å²) in [5, 5.41) is 0. The molecule has 1 aromatic carbocycles. The van der Waals surface area contributed by atoms with Gasteiger partial charge >= 0.3 is 0 Å². The molecule has 2 rings (SSSR count). The summed E-state index contributed by atoms with van der Waals surface area (Å²) in [6, 6.07) is 7.68. The average molecular weight is 289 g/mol. The van der Waals surface area contributed by atoms with Gasteiger partial charge in [0.05, 0.1) is 11.3 Å². The molecule has 0 bridgehead atoms. The summed E-state index contributed by atoms with van der Waals surface area (Å²) in [7, 11) is 0. The van der Waals surface area contributed by atoms with Crippen LogP contribution in [0.4, 0.5) is 8.78 Å². The lowest BCUT2D eigenvalue weighted by atomic mass is 9.98. The molecule has 4 heteroatoms. The molecule has 0 aliphatic carbocycles. The molecule has 0 aliphatic rings. The van der Waals surface area contributed by atoms with Gasteiger partial charge in [-0.05, 0) is 30.7 Å². The van der Waals surface area contributed by atoms with Crippen LogP contribution < -0.4 is 0 Å². The van der Waals surface area contributed by atoms with Crippen LogP contribution in [0.25, 0.3) is 11.3 Å². The number of nitrogens with zero attached hydrogens (tertiary/aromatic N) is 1. The maximum atomic E-state index is 14.1. The molecule has 1 aromatic heterocycles. The highest BCUT2D eigenvalue weighted by atomic mass is 19.1. The van der Waals surface area contributed by atoms with Crippen molar-refractivity contribution in [1.29, 1.82) is 0 Å². The van der Waals surface area contributed by atoms with Crippen molar-refractivity contribution in [1.82, 2.24) is 4.98 Å². The third kappa shape index (κ3) is 3.15. The summed E-state index contributed by atoms with van der Waals surface area (Å²) in [6.07, 6.45) is 0.739. The zero-order chi connectivity index (χ0) is 15.6. The van der Waals surface area contributed by atoms with E-state index in [0.717, 1.165) is 12.1 Å². The first kappa shape index (κ1) is 15.3. The standard InChI is InChI=1S/C17H17F2NO/c1-4-12-6-5-7-15(20-12)11-8-13(18)16(14(19)9-11)17(21)10(2)3/h5-10H,4H2,1-3H3. The van der Waals surface area contributed by atoms with Crippen molar-refractivity contribution in [3.05, 3.63) is 53.2 Å². The lowest BCUT2D eigenvalue weighted by molar-refractivity contribution is 0.0931. The molecule has 0 spiro atoms. The van der Waals surface area contributed by atoms with E-state index < -0.39 is 28.9 Å². The van der Waals surface area contributed by atoms with Gasteiger partial charge in [-0.15, -0.1) is 0 Å². The number of Topliss-reactive ketones (excluding diaryl/α,β-unsaturated/α-hetero) is 1. The Hall–Kier alpha value is -2.10. The number of aromatic nitrogens is 1. The van der Waals surface area contributed by atoms with E-state index in [1.807, 2.05) is 13.0 Å². The van der Waals surface area contributed by atoms with Gasteiger partial charge in [-0.3, -0.25) is 9.78 Å². The molecule has 0 saturated heterocycles. The first-order chi connectivity index (χ1) is 9.93. The molecule has 2 aromatic rings. The number of ketones is 1. The van der Waals surface area contributed by atoms with Crippen molar-refractivity contribution < 1.29 is 13.6 Å². The van der Waals surface area contributed by atoms with Gasteiger partial charge in [-0.25, -0.2) is 8.78 Å². The van der Waals surface area contributed by atoms with E-state index in [0.29, 0.717) is 11.3 Å². The molecule has 0 radical (unpaired) electrons. The summed E-state index contributed by atoms with van der Waals surface area (Å²) >= 11 is 0. The molecular formula is C17H17F2NO. The predicted octanol–water partition coefficient (Wildman–Crippen LogP) is 4.43. The SMILES string of the molecule is CCc1cccc(-c2cc(F)c(C(=O)C(C)C)c(F)c2)n1. The molecule has 0 amide bonds. The Morgan fingerprint density at radius 2 is 1.81 bits per heavy atom. The molecule has 21 heavy (non-hydrogen) atoms. The first-order valence-corrected chi connectivity index (χ1v) is 6.93. The summed E-state index contributed by atoms with van der Waals surface area (Å²) in [5.74, 6) is -2.67. The maximum absolute atomic E-state index is 14.1. The summed E-state index contributed by atoms with van der Waals surface area (Å²) in [6.45, 7) is 5.18. The van der Waals surface area contributed by atoms with Gasteiger partial charge in [-0.2, -0.15) is 0 Å². The van der Waals surface area contributed by atoms with Gasteiger partial charge < -0.3 is 0 Å². The Labute approximate surface area is 122 Å². The zero-order valence-electron chi connectivity index (χ0n) is 12.3. The third-order valence-corrected chi connectivity index (χ3v) is 3.28. The molecule has 1 heterocycles. The van der Waals surface area contributed by atoms with E-state index in [9.17, 15) is 13.6 Å². The quantitative estimate of drug-likeness (QED) is 0.779. The van der Waals surface area contributed by atoms with Crippen LogP contribution in [-0.2, 0) is 6.42 Å². The van der Waals surface area contributed by atoms with Gasteiger partial charge in [-0.1, -0.05) is 26.8 Å². The molecule has 0 atom stereocenters. The van der Waals surface area contributed by atoms with Gasteiger partial charge in [0.1, 0.15) is 11.6 Å². The molecule has 0 N–H and O–H groups in total. The van der Waals surface area contributed by atoms with Gasteiger partial charge in [0, 0.05) is 17.2 Å². The van der Waals surface area contributed by atoms with Crippen molar-refractivity contribution in [2.24, 2.45) is 5.92 Å². The lowest BCUT2D eigenvalue weighted by Gasteiger charge is -2.10. The minimum atomic E-state index is -0.840. The van der Waals surface area contributed by atoms with Gasteiger partial charge in [0.15, 0.2) is 5.78 Å². The fourth-order valence-corrected chi connectivity index (χ4v) is 2.08. The van der Waals surface area contributed by atoms with E-state index in [-0.39, 0.29) is 0 Å². The molecule has 0 saturated carbocycles. The Bertz CT molecular complexity index is 657. The van der Waals surface area contributed by atoms with Crippen LogP contribution in [0.2, 0.25) is 0 Å². The highest BCUT2D eigenvalue weighted by Crippen LogP contribution is 2.25. The number of pyridine rings is 1. The summed E-state index contributed by atoms with van der Waals surface area (Å²) in [4.78, 5) is 16.2. The molecule has 0 unspecified atom stereocenters. The van der Waals surface area contributed by atoms with Crippen molar-refractivity contribution in [3.8, 4) is 11.3 Å². The Balaban J connectivity index is 2.51. The predicted molar refractivity (Wildman–Crippen MR) is 78.1 cm³/mol. The number of aryl methyl sites for hydroxylation is 1. The minimum absolute atomic E-state index is 0.334. The third-order valence-electron chi connectivity index (χ3n) is 3.28. The topological polar surface area (TPSA) is 30.0 Å². The first-order valence-electron chi connectivity index (χ1n) is 6.93. The van der Waals surface area contributed by atoms with Crippen LogP contribution in [0.15, 0.2) is 30.3 Å². The van der Waals surface area contributed by atoms with Crippen molar-refractivity contribution >= 4 is 5.78 Å². The summed E-state index contributed by atoms with van der Waals surface area (Å²) in [5.41, 5.74) is 1.20. The molecule has 0 fully saturated rings. The fourth-order valence-electron chi connectivity index (χ4n) is 2.08. The Kier molecular flexibility index (Phi) is 4.46. The molecule has 110 valence electrons. The number of benzene rings is 1. The second kappa shape index (κ2) is 6.12. The normalized spacial score (nSPS) is 11.0. The van der Waals surface area contributed by atoms with Gasteiger partial charge in [0.25, 0.3) is 0 Å². The van der Waals surface area contributed by atoms with Crippen molar-refractivity contribution in [2.45, 2.75) is 27.2 Å². The Morgan fingerprint density at radius 1 is 1.19 bits per heavy atom. The fraction of sp³-hybridized carbons (Fsp3) is 0.294. The smallest absolute Gasteiger partial charge is 0.171 e. The van der Waals surface area contributed by atoms with E-state index in [1.165, 1.54) is 12.1 Å². The lowest BCUT2D eigenvalue weighted by Crippen LogP contribution is -2.12. The van der Waals surface area contributed by atoms with Crippen molar-refractivity contribution in [2.75, 3.05) is 0 Å². The Morgan fingerprint density at radius 3 is 2.33 bits per heavy atom. The van der Waals surface area contributed by atoms with Crippen LogP contribution in [0.3, 0.4) is 0 Å². The number of hydrogen-bond donors (Lipinski definition) is 0. The highest BCUT2D eigenvalue weighted by molar-refractivity contribution is 5.98. The van der Waals surface area contributed by atoms with Crippen LogP contribution >= 0.6 is 0 Å². The second-order valence-corrected chi connectivity index (χ2v) is 5.20. The monoisotopic (exact) mass is 289 g/mol. The number of hydrogen-bond acceptors (Lipinski definition) is 2. The average Bonchev–Trinajstić information content (AvgIpc) is 2.46. The molecule has 2 nitrogen and oxygen atoms in total. The number of carbonyl (C=O) groups is 1. The van der Waals surface area contributed by atoms with E-state index in [4.69, 9.17) is 0 Å². The maximum Gasteiger partial charge on any atom is 0.171 e. The van der Waals surface area contributed by atoms with Crippen LogP contribution in [0.1, 0.15) is 36.8 Å². The molecular weight excluding hydrogens is 272 g/mol. The number of rotatable bonds is 4.